The van der Waals surface area contributed by atoms with Gasteiger partial charge in [-0.1, -0.05) is 30.8 Å². The van der Waals surface area contributed by atoms with Crippen LogP contribution in [0.2, 0.25) is 0 Å². The molecular formula is C11H19N3OS2. The van der Waals surface area contributed by atoms with E-state index >= 15 is 0 Å². The van der Waals surface area contributed by atoms with E-state index in [1.54, 1.807) is 23.1 Å². The number of hydrogen-bond acceptors (Lipinski definition) is 5. The van der Waals surface area contributed by atoms with Crippen molar-refractivity contribution in [2.45, 2.75) is 38.0 Å². The minimum absolute atomic E-state index is 0.242. The fourth-order valence-electron chi connectivity index (χ4n) is 1.34. The zero-order valence-electron chi connectivity index (χ0n) is 10.4. The second-order valence-electron chi connectivity index (χ2n) is 4.58. The van der Waals surface area contributed by atoms with Gasteiger partial charge in [-0.2, -0.15) is 0 Å². The molecule has 0 fully saturated rings. The van der Waals surface area contributed by atoms with Crippen molar-refractivity contribution in [2.75, 3.05) is 5.75 Å². The van der Waals surface area contributed by atoms with Gasteiger partial charge >= 0.3 is 0 Å². The molecule has 0 atom stereocenters. The summed E-state index contributed by atoms with van der Waals surface area (Å²) in [6.45, 7) is 5.97. The molecule has 0 saturated carbocycles. The molecule has 3 N–H and O–H groups in total. The summed E-state index contributed by atoms with van der Waals surface area (Å²) < 4.78 is 1.11. The van der Waals surface area contributed by atoms with E-state index < -0.39 is 0 Å². The third-order valence-electron chi connectivity index (χ3n) is 2.57. The molecular weight excluding hydrogens is 254 g/mol. The second-order valence-corrected chi connectivity index (χ2v) is 6.78. The molecule has 6 heteroatoms. The number of hydrogen-bond donors (Lipinski definition) is 2. The van der Waals surface area contributed by atoms with Crippen LogP contribution in [0, 0.1) is 12.3 Å². The Morgan fingerprint density at radius 3 is 2.88 bits per heavy atom. The fourth-order valence-corrected chi connectivity index (χ4v) is 3.19. The van der Waals surface area contributed by atoms with Gasteiger partial charge < -0.3 is 10.9 Å². The number of amidine groups is 1. The third-order valence-corrected chi connectivity index (χ3v) is 4.80. The first-order chi connectivity index (χ1) is 7.95. The van der Waals surface area contributed by atoms with Crippen LogP contribution in [0.5, 0.6) is 0 Å². The lowest BCUT2D eigenvalue weighted by atomic mass is 9.87. The van der Waals surface area contributed by atoms with E-state index in [1.807, 2.05) is 20.8 Å². The van der Waals surface area contributed by atoms with Crippen molar-refractivity contribution in [3.63, 3.8) is 0 Å². The maximum Gasteiger partial charge on any atom is 0.150 e. The summed E-state index contributed by atoms with van der Waals surface area (Å²) in [4.78, 5) is 4.39. The largest absolute Gasteiger partial charge is 0.409 e. The lowest BCUT2D eigenvalue weighted by Gasteiger charge is -2.22. The van der Waals surface area contributed by atoms with E-state index in [0.29, 0.717) is 5.84 Å². The van der Waals surface area contributed by atoms with Gasteiger partial charge in [0.15, 0.2) is 0 Å². The predicted molar refractivity (Wildman–Crippen MR) is 74.0 cm³/mol. The average molecular weight is 273 g/mol. The third kappa shape index (κ3) is 4.55. The molecule has 0 unspecified atom stereocenters. The van der Waals surface area contributed by atoms with Gasteiger partial charge in [0.05, 0.1) is 0 Å². The van der Waals surface area contributed by atoms with Crippen LogP contribution < -0.4 is 5.73 Å². The first kappa shape index (κ1) is 14.3. The van der Waals surface area contributed by atoms with E-state index in [9.17, 15) is 0 Å². The SMILES string of the molecule is Cc1csc(SCCCC(C)(C)C(N)=NO)n1. The van der Waals surface area contributed by atoms with Crippen molar-refractivity contribution in [1.29, 1.82) is 0 Å². The predicted octanol–water partition coefficient (Wildman–Crippen LogP) is 3.10. The second kappa shape index (κ2) is 6.26. The van der Waals surface area contributed by atoms with Crippen LogP contribution >= 0.6 is 23.1 Å². The van der Waals surface area contributed by atoms with Gasteiger partial charge in [0.2, 0.25) is 0 Å². The Hall–Kier alpha value is -0.750. The number of oxime groups is 1. The van der Waals surface area contributed by atoms with Gasteiger partial charge in [0, 0.05) is 22.2 Å². The molecule has 0 amide bonds. The van der Waals surface area contributed by atoms with Crippen molar-refractivity contribution in [1.82, 2.24) is 4.98 Å². The van der Waals surface area contributed by atoms with Gasteiger partial charge in [-0.05, 0) is 19.8 Å². The first-order valence-electron chi connectivity index (χ1n) is 5.48. The van der Waals surface area contributed by atoms with Crippen molar-refractivity contribution < 1.29 is 5.21 Å². The summed E-state index contributed by atoms with van der Waals surface area (Å²) in [5, 5.41) is 13.8. The molecule has 0 radical (unpaired) electrons. The van der Waals surface area contributed by atoms with Crippen LogP contribution in [0.1, 0.15) is 32.4 Å². The number of aromatic nitrogens is 1. The van der Waals surface area contributed by atoms with Gasteiger partial charge in [0.1, 0.15) is 10.2 Å². The maximum atomic E-state index is 8.66. The first-order valence-corrected chi connectivity index (χ1v) is 7.35. The topological polar surface area (TPSA) is 71.5 Å². The van der Waals surface area contributed by atoms with E-state index in [0.717, 1.165) is 28.6 Å². The quantitative estimate of drug-likeness (QED) is 0.209. The summed E-state index contributed by atoms with van der Waals surface area (Å²) in [5.74, 6) is 1.31. The van der Waals surface area contributed by atoms with Gasteiger partial charge in [-0.15, -0.1) is 11.3 Å². The van der Waals surface area contributed by atoms with Crippen LogP contribution in [0.25, 0.3) is 0 Å². The van der Waals surface area contributed by atoms with Crippen molar-refractivity contribution in [2.24, 2.45) is 16.3 Å². The molecule has 17 heavy (non-hydrogen) atoms. The Labute approximate surface area is 110 Å². The Balaban J connectivity index is 2.29. The van der Waals surface area contributed by atoms with Crippen LogP contribution in [-0.4, -0.2) is 21.8 Å². The van der Waals surface area contributed by atoms with E-state index in [1.165, 1.54) is 0 Å². The highest BCUT2D eigenvalue weighted by molar-refractivity contribution is 8.00. The van der Waals surface area contributed by atoms with Crippen LogP contribution in [0.15, 0.2) is 14.9 Å². The Morgan fingerprint density at radius 2 is 2.35 bits per heavy atom. The zero-order chi connectivity index (χ0) is 12.9. The number of nitrogens with zero attached hydrogens (tertiary/aromatic N) is 2. The fraction of sp³-hybridized carbons (Fsp3) is 0.636. The van der Waals surface area contributed by atoms with Gasteiger partial charge in [-0.25, -0.2) is 4.98 Å². The molecule has 0 aliphatic rings. The molecule has 1 aromatic rings. The number of thiazole rings is 1. The van der Waals surface area contributed by atoms with Gasteiger partial charge in [-0.3, -0.25) is 0 Å². The highest BCUT2D eigenvalue weighted by Gasteiger charge is 2.22. The number of aryl methyl sites for hydroxylation is 1. The normalized spacial score (nSPS) is 13.0. The summed E-state index contributed by atoms with van der Waals surface area (Å²) >= 11 is 3.45. The highest BCUT2D eigenvalue weighted by atomic mass is 32.2. The maximum absolute atomic E-state index is 8.66. The zero-order valence-corrected chi connectivity index (χ0v) is 12.1. The molecule has 0 spiro atoms. The average Bonchev–Trinajstić information content (AvgIpc) is 2.69. The van der Waals surface area contributed by atoms with E-state index in [4.69, 9.17) is 10.9 Å². The molecule has 0 saturated heterocycles. The smallest absolute Gasteiger partial charge is 0.150 e. The molecule has 1 heterocycles. The standard InChI is InChI=1S/C11H19N3OS2/c1-8-7-17-10(13-8)16-6-4-5-11(2,3)9(12)14-15/h7,15H,4-6H2,1-3H3,(H2,12,14). The minimum Gasteiger partial charge on any atom is -0.409 e. The Kier molecular flexibility index (Phi) is 5.27. The van der Waals surface area contributed by atoms with Gasteiger partial charge in [0.25, 0.3) is 0 Å². The lowest BCUT2D eigenvalue weighted by molar-refractivity contribution is 0.305. The molecule has 1 rings (SSSR count). The van der Waals surface area contributed by atoms with Crippen molar-refractivity contribution >= 4 is 28.9 Å². The molecule has 0 aromatic carbocycles. The minimum atomic E-state index is -0.242. The van der Waals surface area contributed by atoms with Crippen molar-refractivity contribution in [3.05, 3.63) is 11.1 Å². The molecule has 0 bridgehead atoms. The Morgan fingerprint density at radius 1 is 1.65 bits per heavy atom. The number of rotatable bonds is 6. The highest BCUT2D eigenvalue weighted by Crippen LogP contribution is 2.27. The lowest BCUT2D eigenvalue weighted by Crippen LogP contribution is -2.31. The number of thioether (sulfide) groups is 1. The summed E-state index contributed by atoms with van der Waals surface area (Å²) in [7, 11) is 0. The van der Waals surface area contributed by atoms with Crippen molar-refractivity contribution in [3.8, 4) is 0 Å². The molecule has 96 valence electrons. The molecule has 4 nitrogen and oxygen atoms in total. The summed E-state index contributed by atoms with van der Waals surface area (Å²) in [5.41, 5.74) is 6.47. The Bertz CT molecular complexity index is 388. The number of nitrogens with two attached hydrogens (primary N) is 1. The molecule has 0 aliphatic carbocycles. The van der Waals surface area contributed by atoms with Crippen LogP contribution in [-0.2, 0) is 0 Å². The summed E-state index contributed by atoms with van der Waals surface area (Å²) in [6, 6.07) is 0. The van der Waals surface area contributed by atoms with E-state index in [2.05, 4.69) is 15.5 Å². The molecule has 1 aromatic heterocycles. The molecule has 0 aliphatic heterocycles. The van der Waals surface area contributed by atoms with E-state index in [-0.39, 0.29) is 5.41 Å². The monoisotopic (exact) mass is 273 g/mol. The summed E-state index contributed by atoms with van der Waals surface area (Å²) in [6.07, 6.45) is 1.92. The van der Waals surface area contributed by atoms with Crippen LogP contribution in [0.4, 0.5) is 0 Å². The van der Waals surface area contributed by atoms with Crippen LogP contribution in [0.3, 0.4) is 0 Å².